The fourth-order valence-corrected chi connectivity index (χ4v) is 6.26. The SMILES string of the molecule is COc1ccccc1-c1cc(C2=CCCN(C(=O)CCn3ccnn3)C2)c(F)c2[nH]c(C(=O)N3CCN(c4nnc(C)o4)CC3)cc12. The van der Waals surface area contributed by atoms with Crippen LogP contribution in [0.15, 0.2) is 59.3 Å². The Morgan fingerprint density at radius 3 is 2.60 bits per heavy atom. The van der Waals surface area contributed by atoms with Gasteiger partial charge in [0, 0.05) is 75.3 Å². The molecule has 14 heteroatoms. The lowest BCUT2D eigenvalue weighted by molar-refractivity contribution is -0.131. The molecule has 3 aromatic heterocycles. The first-order chi connectivity index (χ1) is 22.9. The lowest BCUT2D eigenvalue weighted by Gasteiger charge is -2.33. The Morgan fingerprint density at radius 1 is 1.02 bits per heavy atom. The van der Waals surface area contributed by atoms with Crippen molar-refractivity contribution in [3.8, 4) is 16.9 Å². The number of nitrogens with zero attached hydrogens (tertiary/aromatic N) is 8. The fourth-order valence-electron chi connectivity index (χ4n) is 6.26. The van der Waals surface area contributed by atoms with Gasteiger partial charge in [-0.05, 0) is 35.8 Å². The first-order valence-electron chi connectivity index (χ1n) is 15.5. The highest BCUT2D eigenvalue weighted by molar-refractivity contribution is 6.05. The van der Waals surface area contributed by atoms with Crippen LogP contribution < -0.4 is 9.64 Å². The Morgan fingerprint density at radius 2 is 1.85 bits per heavy atom. The number of benzene rings is 2. The molecule has 13 nitrogen and oxygen atoms in total. The minimum absolute atomic E-state index is 0.0420. The fraction of sp³-hybridized carbons (Fsp3) is 0.333. The number of piperazine rings is 1. The maximum atomic E-state index is 16.6. The standard InChI is InChI=1S/C33H34FN9O4/c1-21-37-38-33(47-21)41-16-14-40(15-17-41)32(45)27-19-26-25(23-7-3-4-8-28(23)46-2)18-24(30(34)31(26)36-27)22-6-5-11-42(20-22)29(44)9-12-43-13-10-35-39-43/h3-4,6-8,10,13,18-19,36H,5,9,11-12,14-17,20H2,1-2H3. The quantitative estimate of drug-likeness (QED) is 0.268. The van der Waals surface area contributed by atoms with E-state index in [-0.39, 0.29) is 36.0 Å². The van der Waals surface area contributed by atoms with Gasteiger partial charge in [-0.3, -0.25) is 14.3 Å². The molecule has 2 aliphatic heterocycles. The Bertz CT molecular complexity index is 1960. The second-order valence-corrected chi connectivity index (χ2v) is 11.6. The van der Waals surface area contributed by atoms with Crippen LogP contribution in [0.2, 0.25) is 0 Å². The van der Waals surface area contributed by atoms with Crippen LogP contribution in [-0.2, 0) is 11.3 Å². The van der Waals surface area contributed by atoms with E-state index >= 15 is 4.39 Å². The van der Waals surface area contributed by atoms with Crippen LogP contribution in [0.4, 0.5) is 10.4 Å². The Balaban J connectivity index is 1.20. The van der Waals surface area contributed by atoms with Crippen molar-refractivity contribution in [1.82, 2.24) is 40.0 Å². The molecule has 2 aliphatic rings. The third kappa shape index (κ3) is 5.93. The zero-order chi connectivity index (χ0) is 32.5. The number of hydrogen-bond acceptors (Lipinski definition) is 9. The first kappa shape index (κ1) is 30.1. The van der Waals surface area contributed by atoms with Gasteiger partial charge in [-0.25, -0.2) is 4.39 Å². The van der Waals surface area contributed by atoms with Gasteiger partial charge in [0.1, 0.15) is 11.4 Å². The molecule has 0 saturated carbocycles. The van der Waals surface area contributed by atoms with Crippen molar-refractivity contribution in [1.29, 1.82) is 0 Å². The minimum atomic E-state index is -0.475. The molecule has 1 fully saturated rings. The average molecular weight is 640 g/mol. The number of rotatable bonds is 8. The number of para-hydroxylation sites is 1. The van der Waals surface area contributed by atoms with E-state index in [1.165, 1.54) is 0 Å². The maximum Gasteiger partial charge on any atom is 0.318 e. The molecule has 2 aromatic carbocycles. The van der Waals surface area contributed by atoms with Crippen molar-refractivity contribution in [2.24, 2.45) is 0 Å². The Labute approximate surface area is 269 Å². The van der Waals surface area contributed by atoms with Crippen LogP contribution >= 0.6 is 0 Å². The van der Waals surface area contributed by atoms with Crippen molar-refractivity contribution in [3.63, 3.8) is 0 Å². The number of fused-ring (bicyclic) bond motifs is 1. The van der Waals surface area contributed by atoms with Gasteiger partial charge in [-0.2, -0.15) is 0 Å². The summed E-state index contributed by atoms with van der Waals surface area (Å²) >= 11 is 0. The normalized spacial score (nSPS) is 15.3. The summed E-state index contributed by atoms with van der Waals surface area (Å²) in [5, 5.41) is 16.3. The van der Waals surface area contributed by atoms with E-state index in [4.69, 9.17) is 9.15 Å². The summed E-state index contributed by atoms with van der Waals surface area (Å²) in [6.07, 6.45) is 6.12. The second-order valence-electron chi connectivity index (χ2n) is 11.6. The molecular weight excluding hydrogens is 605 g/mol. The number of halogens is 1. The van der Waals surface area contributed by atoms with Crippen LogP contribution in [0.25, 0.3) is 27.6 Å². The zero-order valence-corrected chi connectivity index (χ0v) is 26.1. The summed E-state index contributed by atoms with van der Waals surface area (Å²) in [7, 11) is 1.59. The van der Waals surface area contributed by atoms with E-state index in [0.29, 0.717) is 79.9 Å². The lowest BCUT2D eigenvalue weighted by Crippen LogP contribution is -2.49. The number of aromatic nitrogens is 6. The number of aromatic amines is 1. The molecule has 1 N–H and O–H groups in total. The van der Waals surface area contributed by atoms with Gasteiger partial charge in [0.05, 0.1) is 25.4 Å². The lowest BCUT2D eigenvalue weighted by atomic mass is 9.93. The number of methoxy groups -OCH3 is 1. The van der Waals surface area contributed by atoms with Crippen LogP contribution in [0, 0.1) is 12.7 Å². The molecule has 0 radical (unpaired) electrons. The van der Waals surface area contributed by atoms with Crippen LogP contribution in [0.3, 0.4) is 0 Å². The third-order valence-corrected chi connectivity index (χ3v) is 8.71. The highest BCUT2D eigenvalue weighted by Crippen LogP contribution is 2.40. The molecule has 0 spiro atoms. The molecule has 47 heavy (non-hydrogen) atoms. The largest absolute Gasteiger partial charge is 0.496 e. The highest BCUT2D eigenvalue weighted by Gasteiger charge is 2.29. The number of carbonyl (C=O) groups is 2. The molecule has 5 heterocycles. The summed E-state index contributed by atoms with van der Waals surface area (Å²) in [5.74, 6) is 0.359. The zero-order valence-electron chi connectivity index (χ0n) is 26.1. The number of H-pyrrole nitrogens is 1. The smallest absolute Gasteiger partial charge is 0.318 e. The summed E-state index contributed by atoms with van der Waals surface area (Å²) in [6, 6.07) is 11.5. The molecular formula is C33H34FN9O4. The van der Waals surface area contributed by atoms with E-state index in [9.17, 15) is 9.59 Å². The monoisotopic (exact) mass is 639 g/mol. The summed E-state index contributed by atoms with van der Waals surface area (Å²) in [6.45, 7) is 4.90. The van der Waals surface area contributed by atoms with E-state index in [2.05, 4.69) is 25.5 Å². The number of hydrogen-bond donors (Lipinski definition) is 1. The molecule has 0 aliphatic carbocycles. The van der Waals surface area contributed by atoms with Gasteiger partial charge in [0.15, 0.2) is 5.82 Å². The van der Waals surface area contributed by atoms with E-state index in [1.807, 2.05) is 35.2 Å². The van der Waals surface area contributed by atoms with Gasteiger partial charge in [0.25, 0.3) is 5.91 Å². The topological polar surface area (TPSA) is 139 Å². The van der Waals surface area contributed by atoms with Gasteiger partial charge in [-0.1, -0.05) is 34.6 Å². The Kier molecular flexibility index (Phi) is 8.14. The number of carbonyl (C=O) groups excluding carboxylic acids is 2. The number of anilines is 1. The number of aryl methyl sites for hydroxylation is 2. The summed E-state index contributed by atoms with van der Waals surface area (Å²) in [4.78, 5) is 35.4. The number of nitrogens with one attached hydrogen (secondary N) is 1. The van der Waals surface area contributed by atoms with Crippen molar-refractivity contribution in [3.05, 3.63) is 77.8 Å². The number of ether oxygens (including phenoxy) is 1. The minimum Gasteiger partial charge on any atom is -0.496 e. The van der Waals surface area contributed by atoms with Crippen LogP contribution in [-0.4, -0.2) is 98.2 Å². The highest BCUT2D eigenvalue weighted by atomic mass is 19.1. The van der Waals surface area contributed by atoms with Gasteiger partial charge in [-0.15, -0.1) is 10.2 Å². The predicted octanol–water partition coefficient (Wildman–Crippen LogP) is 3.93. The average Bonchev–Trinajstić information content (AvgIpc) is 3.89. The summed E-state index contributed by atoms with van der Waals surface area (Å²) in [5.41, 5.74) is 3.07. The van der Waals surface area contributed by atoms with Gasteiger partial charge in [0.2, 0.25) is 11.8 Å². The Hall–Kier alpha value is -5.53. The van der Waals surface area contributed by atoms with Crippen LogP contribution in [0.5, 0.6) is 5.75 Å². The molecule has 1 saturated heterocycles. The second kappa shape index (κ2) is 12.7. The number of amides is 2. The maximum absolute atomic E-state index is 16.6. The van der Waals surface area contributed by atoms with Gasteiger partial charge >= 0.3 is 6.01 Å². The van der Waals surface area contributed by atoms with Crippen molar-refractivity contribution >= 4 is 34.3 Å². The molecule has 0 bridgehead atoms. The van der Waals surface area contributed by atoms with Crippen molar-refractivity contribution in [2.75, 3.05) is 51.3 Å². The molecule has 242 valence electrons. The molecule has 7 rings (SSSR count). The predicted molar refractivity (Wildman–Crippen MR) is 171 cm³/mol. The van der Waals surface area contributed by atoms with E-state index in [0.717, 1.165) is 11.1 Å². The van der Waals surface area contributed by atoms with Gasteiger partial charge < -0.3 is 28.8 Å². The third-order valence-electron chi connectivity index (χ3n) is 8.71. The van der Waals surface area contributed by atoms with E-state index < -0.39 is 5.82 Å². The first-order valence-corrected chi connectivity index (χ1v) is 15.5. The van der Waals surface area contributed by atoms with Crippen molar-refractivity contribution < 1.29 is 23.1 Å². The summed E-state index contributed by atoms with van der Waals surface area (Å²) < 4.78 is 29.4. The molecule has 5 aromatic rings. The molecule has 2 amide bonds. The molecule has 0 atom stereocenters. The molecule has 0 unspecified atom stereocenters. The van der Waals surface area contributed by atoms with Crippen LogP contribution in [0.1, 0.15) is 34.8 Å². The van der Waals surface area contributed by atoms with E-state index in [1.54, 1.807) is 53.0 Å². The van der Waals surface area contributed by atoms with Crippen molar-refractivity contribution in [2.45, 2.75) is 26.3 Å².